The number of carbonyl (C=O) groups excluding carboxylic acids is 1. The minimum absolute atomic E-state index is 0.0186. The minimum Gasteiger partial charge on any atom is -0.496 e. The van der Waals surface area contributed by atoms with Crippen molar-refractivity contribution in [2.24, 2.45) is 11.1 Å². The Labute approximate surface area is 196 Å². The van der Waals surface area contributed by atoms with Crippen LogP contribution in [-0.4, -0.2) is 28.8 Å². The third-order valence-electron chi connectivity index (χ3n) is 5.69. The fourth-order valence-corrected chi connectivity index (χ4v) is 6.20. The molecule has 0 radical (unpaired) electrons. The van der Waals surface area contributed by atoms with Crippen LogP contribution in [-0.2, 0) is 4.79 Å². The quantitative estimate of drug-likeness (QED) is 0.636. The second kappa shape index (κ2) is 8.60. The fraction of sp³-hybridized carbons (Fsp3) is 0.391. The Hall–Kier alpha value is -2.83. The summed E-state index contributed by atoms with van der Waals surface area (Å²) in [6, 6.07) is 9.76. The molecule has 1 aromatic carbocycles. The highest BCUT2D eigenvalue weighted by molar-refractivity contribution is 8.01. The molecule has 0 amide bonds. The summed E-state index contributed by atoms with van der Waals surface area (Å²) in [4.78, 5) is 15.3. The molecule has 0 saturated heterocycles. The molecule has 2 heterocycles. The van der Waals surface area contributed by atoms with E-state index in [-0.39, 0.29) is 17.0 Å². The van der Waals surface area contributed by atoms with E-state index in [9.17, 15) is 10.1 Å². The number of ketones is 1. The van der Waals surface area contributed by atoms with E-state index >= 15 is 0 Å². The molecule has 1 unspecified atom stereocenters. The van der Waals surface area contributed by atoms with Gasteiger partial charge in [-0.15, -0.1) is 10.2 Å². The van der Waals surface area contributed by atoms with Crippen LogP contribution in [0.25, 0.3) is 0 Å². The lowest BCUT2D eigenvalue weighted by Crippen LogP contribution is -2.42. The summed E-state index contributed by atoms with van der Waals surface area (Å²) in [5, 5.41) is 19.4. The number of nitrogens with two attached hydrogens (primary N) is 1. The van der Waals surface area contributed by atoms with Crippen LogP contribution in [0.4, 0.5) is 5.13 Å². The van der Waals surface area contributed by atoms with Crippen molar-refractivity contribution in [2.75, 3.05) is 17.8 Å². The van der Waals surface area contributed by atoms with Gasteiger partial charge in [0.25, 0.3) is 0 Å². The number of benzene rings is 1. The number of methoxy groups -OCH3 is 1. The zero-order valence-corrected chi connectivity index (χ0v) is 20.1. The van der Waals surface area contributed by atoms with Gasteiger partial charge in [-0.2, -0.15) is 5.26 Å². The smallest absolute Gasteiger partial charge is 0.219 e. The van der Waals surface area contributed by atoms with E-state index in [2.05, 4.69) is 37.0 Å². The number of carbonyl (C=O) groups is 1. The normalized spacial score (nSPS) is 20.3. The van der Waals surface area contributed by atoms with Crippen molar-refractivity contribution < 1.29 is 9.53 Å². The van der Waals surface area contributed by atoms with Crippen LogP contribution in [0.15, 0.2) is 51.3 Å². The van der Waals surface area contributed by atoms with Crippen molar-refractivity contribution in [2.45, 2.75) is 43.9 Å². The fourth-order valence-electron chi connectivity index (χ4n) is 4.42. The highest BCUT2D eigenvalue weighted by Crippen LogP contribution is 2.51. The van der Waals surface area contributed by atoms with E-state index in [1.165, 1.54) is 11.3 Å². The lowest BCUT2D eigenvalue weighted by molar-refractivity contribution is -0.118. The molecule has 0 fully saturated rings. The van der Waals surface area contributed by atoms with Crippen LogP contribution in [0.1, 0.15) is 45.1 Å². The second-order valence-electron chi connectivity index (χ2n) is 8.51. The van der Waals surface area contributed by atoms with E-state index in [0.717, 1.165) is 21.4 Å². The molecule has 9 heteroatoms. The standard InChI is InChI=1S/C23H25N5O2S2/c1-5-31-22-27-26-21(32-22)28-15-10-23(2,3)11-16(29)19(15)18(14(12-24)20(28)25)13-8-6-7-9-17(13)30-4/h6-9,18H,5,10-11,25H2,1-4H3. The van der Waals surface area contributed by atoms with Gasteiger partial charge in [0.05, 0.1) is 24.7 Å². The van der Waals surface area contributed by atoms with Crippen LogP contribution >= 0.6 is 23.1 Å². The highest BCUT2D eigenvalue weighted by atomic mass is 32.2. The van der Waals surface area contributed by atoms with Gasteiger partial charge < -0.3 is 10.5 Å². The Morgan fingerprint density at radius 2 is 2.09 bits per heavy atom. The van der Waals surface area contributed by atoms with Gasteiger partial charge in [0.2, 0.25) is 5.13 Å². The maximum absolute atomic E-state index is 13.5. The third-order valence-corrected chi connectivity index (χ3v) is 7.61. The Kier molecular flexibility index (Phi) is 6.01. The number of hydrogen-bond donors (Lipinski definition) is 1. The van der Waals surface area contributed by atoms with Gasteiger partial charge in [-0.05, 0) is 23.7 Å². The van der Waals surface area contributed by atoms with Crippen molar-refractivity contribution in [3.8, 4) is 11.8 Å². The van der Waals surface area contributed by atoms with Crippen molar-refractivity contribution in [3.63, 3.8) is 0 Å². The van der Waals surface area contributed by atoms with E-state index in [1.54, 1.807) is 23.8 Å². The SMILES string of the molecule is CCSc1nnc(N2C(N)=C(C#N)C(c3ccccc3OC)C3=C2CC(C)(C)CC3=O)s1. The molecule has 2 aliphatic rings. The van der Waals surface area contributed by atoms with Gasteiger partial charge in [-0.25, -0.2) is 0 Å². The molecule has 1 aliphatic carbocycles. The number of hydrogen-bond acceptors (Lipinski definition) is 9. The molecule has 4 rings (SSSR count). The van der Waals surface area contributed by atoms with Crippen LogP contribution < -0.4 is 15.4 Å². The Morgan fingerprint density at radius 1 is 1.34 bits per heavy atom. The summed E-state index contributed by atoms with van der Waals surface area (Å²) in [5.74, 6) is 1.22. The van der Waals surface area contributed by atoms with Gasteiger partial charge in [0.1, 0.15) is 11.6 Å². The molecule has 2 N–H and O–H groups in total. The number of nitriles is 1. The average Bonchev–Trinajstić information content (AvgIpc) is 3.20. The monoisotopic (exact) mass is 467 g/mol. The van der Waals surface area contributed by atoms with Crippen molar-refractivity contribution in [1.29, 1.82) is 5.26 Å². The average molecular weight is 468 g/mol. The van der Waals surface area contributed by atoms with Gasteiger partial charge in [0.15, 0.2) is 10.1 Å². The molecule has 7 nitrogen and oxygen atoms in total. The number of ether oxygens (including phenoxy) is 1. The molecule has 1 aromatic heterocycles. The lowest BCUT2D eigenvalue weighted by atomic mass is 9.68. The van der Waals surface area contributed by atoms with Crippen LogP contribution in [0, 0.1) is 16.7 Å². The molecule has 0 saturated carbocycles. The summed E-state index contributed by atoms with van der Waals surface area (Å²) in [6.07, 6.45) is 1.03. The number of anilines is 1. The first-order chi connectivity index (χ1) is 15.3. The predicted octanol–water partition coefficient (Wildman–Crippen LogP) is 4.60. The maximum Gasteiger partial charge on any atom is 0.219 e. The lowest BCUT2D eigenvalue weighted by Gasteiger charge is -2.42. The first-order valence-corrected chi connectivity index (χ1v) is 12.2. The first-order valence-electron chi connectivity index (χ1n) is 10.4. The second-order valence-corrected chi connectivity index (χ2v) is 11.0. The first kappa shape index (κ1) is 22.4. The summed E-state index contributed by atoms with van der Waals surface area (Å²) >= 11 is 3.01. The number of rotatable bonds is 5. The molecular weight excluding hydrogens is 442 g/mol. The largest absolute Gasteiger partial charge is 0.496 e. The van der Waals surface area contributed by atoms with Crippen LogP contribution in [0.5, 0.6) is 5.75 Å². The third kappa shape index (κ3) is 3.78. The van der Waals surface area contributed by atoms with Gasteiger partial charge in [-0.3, -0.25) is 9.69 Å². The van der Waals surface area contributed by atoms with Crippen LogP contribution in [0.3, 0.4) is 0 Å². The molecule has 0 spiro atoms. The minimum atomic E-state index is -0.580. The number of nitrogens with zero attached hydrogens (tertiary/aromatic N) is 4. The number of aromatic nitrogens is 2. The Balaban J connectivity index is 1.97. The number of allylic oxidation sites excluding steroid dienone is 3. The number of para-hydroxylation sites is 1. The highest BCUT2D eigenvalue weighted by Gasteiger charge is 2.46. The van der Waals surface area contributed by atoms with Crippen molar-refractivity contribution >= 4 is 34.0 Å². The molecule has 2 aromatic rings. The topological polar surface area (TPSA) is 105 Å². The number of Topliss-reactive ketones (excluding diaryl/α,β-unsaturated/α-hetero) is 1. The van der Waals surface area contributed by atoms with Crippen molar-refractivity contribution in [3.05, 3.63) is 52.5 Å². The molecule has 32 heavy (non-hydrogen) atoms. The van der Waals surface area contributed by atoms with Gasteiger partial charge in [0, 0.05) is 23.3 Å². The summed E-state index contributed by atoms with van der Waals surface area (Å²) < 4.78 is 6.40. The van der Waals surface area contributed by atoms with Gasteiger partial charge >= 0.3 is 0 Å². The molecule has 0 bridgehead atoms. The predicted molar refractivity (Wildman–Crippen MR) is 126 cm³/mol. The molecule has 1 aliphatic heterocycles. The molecular formula is C23H25N5O2S2. The van der Waals surface area contributed by atoms with Gasteiger partial charge in [-0.1, -0.05) is 62.1 Å². The summed E-state index contributed by atoms with van der Waals surface area (Å²) in [6.45, 7) is 6.20. The number of thioether (sulfide) groups is 1. The zero-order valence-electron chi connectivity index (χ0n) is 18.5. The van der Waals surface area contributed by atoms with Crippen molar-refractivity contribution in [1.82, 2.24) is 10.2 Å². The van der Waals surface area contributed by atoms with E-state index in [1.807, 2.05) is 24.3 Å². The van der Waals surface area contributed by atoms with Crippen LogP contribution in [0.2, 0.25) is 0 Å². The summed E-state index contributed by atoms with van der Waals surface area (Å²) in [7, 11) is 1.59. The van der Waals surface area contributed by atoms with E-state index < -0.39 is 5.92 Å². The summed E-state index contributed by atoms with van der Waals surface area (Å²) in [5.41, 5.74) is 8.87. The van der Waals surface area contributed by atoms with E-state index in [4.69, 9.17) is 10.5 Å². The molecule has 1 atom stereocenters. The van der Waals surface area contributed by atoms with E-state index in [0.29, 0.717) is 34.9 Å². The zero-order chi connectivity index (χ0) is 23.0. The molecule has 166 valence electrons. The Bertz CT molecular complexity index is 1180. The Morgan fingerprint density at radius 3 is 2.78 bits per heavy atom. The maximum atomic E-state index is 13.5.